The zero-order valence-corrected chi connectivity index (χ0v) is 18.2. The second kappa shape index (κ2) is 9.61. The number of carboxylic acids is 2. The quantitative estimate of drug-likeness (QED) is 0.519. The molecule has 0 saturated carbocycles. The molecule has 2 aromatic heterocycles. The summed E-state index contributed by atoms with van der Waals surface area (Å²) in [7, 11) is 0. The summed E-state index contributed by atoms with van der Waals surface area (Å²) in [4.78, 5) is 33.1. The number of carbonyl (C=O) groups is 2. The molecule has 0 spiro atoms. The van der Waals surface area contributed by atoms with Crippen LogP contribution in [0.1, 0.15) is 39.1 Å². The van der Waals surface area contributed by atoms with Gasteiger partial charge in [-0.15, -0.1) is 0 Å². The van der Waals surface area contributed by atoms with E-state index in [0.717, 1.165) is 6.07 Å². The van der Waals surface area contributed by atoms with E-state index in [1.54, 1.807) is 4.90 Å². The summed E-state index contributed by atoms with van der Waals surface area (Å²) in [6.45, 7) is 0.670. The molecule has 1 aliphatic heterocycles. The molecule has 3 heterocycles. The SMILES string of the molecule is O=C(O)c1cncc(-c2cnc(N3CCC(Oc4ccccc4C(F)(F)F)CC3)c(C(=O)O)c2)c1. The Kier molecular flexibility index (Phi) is 6.59. The van der Waals surface area contributed by atoms with Crippen molar-refractivity contribution in [2.45, 2.75) is 25.1 Å². The number of nitrogens with zero attached hydrogens (tertiary/aromatic N) is 3. The number of piperidine rings is 1. The van der Waals surface area contributed by atoms with Crippen LogP contribution in [-0.2, 0) is 6.18 Å². The normalized spacial score (nSPS) is 14.5. The highest BCUT2D eigenvalue weighted by molar-refractivity contribution is 5.95. The molecule has 0 aliphatic carbocycles. The number of carboxylic acid groups (broad SMARTS) is 2. The Bertz CT molecular complexity index is 1260. The molecule has 1 aliphatic rings. The zero-order valence-electron chi connectivity index (χ0n) is 18.2. The predicted molar refractivity (Wildman–Crippen MR) is 119 cm³/mol. The van der Waals surface area contributed by atoms with Crippen molar-refractivity contribution >= 4 is 17.8 Å². The number of ether oxygens (including phenoxy) is 1. The van der Waals surface area contributed by atoms with Crippen LogP contribution in [0.25, 0.3) is 11.1 Å². The molecule has 1 saturated heterocycles. The molecule has 2 N–H and O–H groups in total. The van der Waals surface area contributed by atoms with E-state index in [4.69, 9.17) is 9.84 Å². The number of aromatic nitrogens is 2. The molecule has 4 rings (SSSR count). The summed E-state index contributed by atoms with van der Waals surface area (Å²) in [6, 6.07) is 7.80. The highest BCUT2D eigenvalue weighted by Crippen LogP contribution is 2.37. The number of aromatic carboxylic acids is 2. The minimum atomic E-state index is -4.53. The van der Waals surface area contributed by atoms with Crippen molar-refractivity contribution in [3.8, 4) is 16.9 Å². The van der Waals surface area contributed by atoms with Crippen molar-refractivity contribution < 1.29 is 37.7 Å². The largest absolute Gasteiger partial charge is 0.490 e. The monoisotopic (exact) mass is 487 g/mol. The standard InChI is InChI=1S/C24H20F3N3O5/c25-24(26,27)19-3-1-2-4-20(19)35-17-5-7-30(8-6-17)21-18(23(33)34)10-15(13-29-21)14-9-16(22(31)32)12-28-11-14/h1-4,9-13,17H,5-8H2,(H,31,32)(H,33,34). The van der Waals surface area contributed by atoms with Gasteiger partial charge in [-0.05, 0) is 24.3 Å². The van der Waals surface area contributed by atoms with Crippen molar-refractivity contribution in [2.75, 3.05) is 18.0 Å². The number of halogens is 3. The van der Waals surface area contributed by atoms with Crippen LogP contribution in [-0.4, -0.2) is 51.3 Å². The number of hydrogen-bond acceptors (Lipinski definition) is 6. The predicted octanol–water partition coefficient (Wildman–Crippen LogP) is 4.61. The third kappa shape index (κ3) is 5.34. The van der Waals surface area contributed by atoms with Crippen molar-refractivity contribution in [1.29, 1.82) is 0 Å². The van der Waals surface area contributed by atoms with Gasteiger partial charge in [-0.3, -0.25) is 4.98 Å². The first kappa shape index (κ1) is 24.0. The summed E-state index contributed by atoms with van der Waals surface area (Å²) in [5, 5.41) is 18.9. The van der Waals surface area contributed by atoms with E-state index in [1.165, 1.54) is 48.9 Å². The number of benzene rings is 1. The van der Waals surface area contributed by atoms with Gasteiger partial charge < -0.3 is 19.8 Å². The van der Waals surface area contributed by atoms with Crippen molar-refractivity contribution in [3.05, 3.63) is 71.7 Å². The van der Waals surface area contributed by atoms with Crippen LogP contribution in [0, 0.1) is 0 Å². The number of rotatable bonds is 6. The fourth-order valence-electron chi connectivity index (χ4n) is 3.91. The summed E-state index contributed by atoms with van der Waals surface area (Å²) in [5.74, 6) is -2.39. The summed E-state index contributed by atoms with van der Waals surface area (Å²) < 4.78 is 45.4. The van der Waals surface area contributed by atoms with Crippen LogP contribution in [0.5, 0.6) is 5.75 Å². The van der Waals surface area contributed by atoms with Crippen LogP contribution in [0.2, 0.25) is 0 Å². The molecule has 0 radical (unpaired) electrons. The molecule has 0 bridgehead atoms. The average molecular weight is 487 g/mol. The van der Waals surface area contributed by atoms with Gasteiger partial charge in [-0.25, -0.2) is 14.6 Å². The maximum absolute atomic E-state index is 13.2. The van der Waals surface area contributed by atoms with Crippen molar-refractivity contribution in [2.24, 2.45) is 0 Å². The molecule has 8 nitrogen and oxygen atoms in total. The van der Waals surface area contributed by atoms with Gasteiger partial charge in [0.1, 0.15) is 23.2 Å². The third-order valence-corrected chi connectivity index (χ3v) is 5.64. The highest BCUT2D eigenvalue weighted by Gasteiger charge is 2.35. The van der Waals surface area contributed by atoms with Crippen molar-refractivity contribution in [1.82, 2.24) is 9.97 Å². The summed E-state index contributed by atoms with van der Waals surface area (Å²) >= 11 is 0. The molecule has 0 atom stereocenters. The lowest BCUT2D eigenvalue weighted by atomic mass is 10.0. The molecular weight excluding hydrogens is 467 g/mol. The molecular formula is C24H20F3N3O5. The smallest absolute Gasteiger partial charge is 0.419 e. The van der Waals surface area contributed by atoms with Gasteiger partial charge in [0, 0.05) is 55.6 Å². The number of para-hydroxylation sites is 1. The first-order valence-electron chi connectivity index (χ1n) is 10.6. The van der Waals surface area contributed by atoms with Crippen LogP contribution in [0.15, 0.2) is 55.0 Å². The van der Waals surface area contributed by atoms with E-state index < -0.39 is 29.8 Å². The van der Waals surface area contributed by atoms with Gasteiger partial charge in [0.15, 0.2) is 0 Å². The lowest BCUT2D eigenvalue weighted by Crippen LogP contribution is -2.39. The summed E-state index contributed by atoms with van der Waals surface area (Å²) in [5.41, 5.74) is -0.164. The topological polar surface area (TPSA) is 113 Å². The molecule has 1 aromatic carbocycles. The Morgan fingerprint density at radius 3 is 2.31 bits per heavy atom. The van der Waals surface area contributed by atoms with E-state index in [0.29, 0.717) is 37.1 Å². The van der Waals surface area contributed by atoms with Crippen LogP contribution >= 0.6 is 0 Å². The molecule has 0 unspecified atom stereocenters. The first-order chi connectivity index (χ1) is 16.6. The first-order valence-corrected chi connectivity index (χ1v) is 10.6. The lowest BCUT2D eigenvalue weighted by Gasteiger charge is -2.34. The van der Waals surface area contributed by atoms with E-state index in [9.17, 15) is 27.9 Å². The van der Waals surface area contributed by atoms with E-state index in [-0.39, 0.29) is 22.7 Å². The molecule has 1 fully saturated rings. The Labute approximate surface area is 197 Å². The van der Waals surface area contributed by atoms with Crippen LogP contribution < -0.4 is 9.64 Å². The molecule has 182 valence electrons. The highest BCUT2D eigenvalue weighted by atomic mass is 19.4. The number of pyridine rings is 2. The fraction of sp³-hybridized carbons (Fsp3) is 0.250. The lowest BCUT2D eigenvalue weighted by molar-refractivity contribution is -0.139. The minimum Gasteiger partial charge on any atom is -0.490 e. The Balaban J connectivity index is 1.51. The van der Waals surface area contributed by atoms with E-state index >= 15 is 0 Å². The van der Waals surface area contributed by atoms with Gasteiger partial charge in [-0.1, -0.05) is 12.1 Å². The Morgan fingerprint density at radius 2 is 1.66 bits per heavy atom. The van der Waals surface area contributed by atoms with E-state index in [1.807, 2.05) is 0 Å². The second-order valence-corrected chi connectivity index (χ2v) is 7.97. The van der Waals surface area contributed by atoms with Gasteiger partial charge in [0.2, 0.25) is 0 Å². The maximum Gasteiger partial charge on any atom is 0.419 e. The Hall–Kier alpha value is -4.15. The zero-order chi connectivity index (χ0) is 25.2. The molecule has 35 heavy (non-hydrogen) atoms. The Morgan fingerprint density at radius 1 is 0.971 bits per heavy atom. The van der Waals surface area contributed by atoms with Gasteiger partial charge >= 0.3 is 18.1 Å². The number of anilines is 1. The van der Waals surface area contributed by atoms with Gasteiger partial charge in [0.05, 0.1) is 11.1 Å². The van der Waals surface area contributed by atoms with Crippen LogP contribution in [0.4, 0.5) is 19.0 Å². The molecule has 3 aromatic rings. The van der Waals surface area contributed by atoms with Crippen LogP contribution in [0.3, 0.4) is 0 Å². The van der Waals surface area contributed by atoms with Gasteiger partial charge in [-0.2, -0.15) is 13.2 Å². The molecule has 0 amide bonds. The number of alkyl halides is 3. The van der Waals surface area contributed by atoms with E-state index in [2.05, 4.69) is 9.97 Å². The number of hydrogen-bond donors (Lipinski definition) is 2. The van der Waals surface area contributed by atoms with Crippen molar-refractivity contribution in [3.63, 3.8) is 0 Å². The fourth-order valence-corrected chi connectivity index (χ4v) is 3.91. The second-order valence-electron chi connectivity index (χ2n) is 7.97. The maximum atomic E-state index is 13.2. The molecule has 11 heteroatoms. The third-order valence-electron chi connectivity index (χ3n) is 5.64. The van der Waals surface area contributed by atoms with Gasteiger partial charge in [0.25, 0.3) is 0 Å². The average Bonchev–Trinajstić information content (AvgIpc) is 2.84. The summed E-state index contributed by atoms with van der Waals surface area (Å²) in [6.07, 6.45) is -0.210. The minimum absolute atomic E-state index is 0.0439.